The van der Waals surface area contributed by atoms with Crippen LogP contribution in [-0.2, 0) is 28.5 Å². The Morgan fingerprint density at radius 2 is 1.55 bits per heavy atom. The number of nitrogen functional groups attached to an aromatic ring is 1. The minimum absolute atomic E-state index is 0.0924. The molecule has 0 unspecified atom stereocenters. The molecule has 1 saturated heterocycles. The zero-order valence-corrected chi connectivity index (χ0v) is 42.6. The van der Waals surface area contributed by atoms with Crippen molar-refractivity contribution in [2.24, 2.45) is 4.99 Å². The van der Waals surface area contributed by atoms with E-state index in [-0.39, 0.29) is 30.9 Å². The number of aromatic nitrogens is 7. The fourth-order valence-corrected chi connectivity index (χ4v) is 10.2. The molecule has 0 aliphatic carbocycles. The molecule has 0 spiro atoms. The second-order valence-corrected chi connectivity index (χ2v) is 19.2. The van der Waals surface area contributed by atoms with Gasteiger partial charge in [-0.25, -0.2) is 14.6 Å². The van der Waals surface area contributed by atoms with Crippen molar-refractivity contribution in [2.45, 2.75) is 52.1 Å². The number of aliphatic imine (C=N–C) groups is 1. The number of hydrogen-bond acceptors (Lipinski definition) is 15. The van der Waals surface area contributed by atoms with Gasteiger partial charge in [-0.2, -0.15) is 5.10 Å². The number of aryl methyl sites for hydroxylation is 2. The summed E-state index contributed by atoms with van der Waals surface area (Å²) in [5.74, 6) is 2.90. The number of carbonyl (C=O) groups excluding carboxylic acids is 2. The standard InChI is InChI=1S/C53H58ClN11O7S/c1-34-35(2)73-53-46(34)48(37-13-17-39(54)18-14-37)59-43(51-61-60-36(3)64(51)53)31-44(66)56-21-24-69-26-28-71-30-29-70-27-25-68-23-8-12-45(67)63-22-7-9-40(32-63)65-52-47(50(55)57-33-58-52)49(62-65)38-15-19-42(20-16-38)72-41-10-5-4-6-11-41/h4-6,8,10-20,33,40,43H,7,9,21-32H2,1-3H3,(H,56,66)(H2,55,57,58)/b12-8+/t40-,43+/m1/s1. The van der Waals surface area contributed by atoms with Crippen molar-refractivity contribution in [3.05, 3.63) is 136 Å². The van der Waals surface area contributed by atoms with E-state index in [2.05, 4.69) is 39.3 Å². The molecule has 0 bridgehead atoms. The van der Waals surface area contributed by atoms with Crippen LogP contribution in [0.25, 0.3) is 27.3 Å². The number of ether oxygens (including phenoxy) is 5. The van der Waals surface area contributed by atoms with Gasteiger partial charge in [0.25, 0.3) is 0 Å². The normalized spacial score (nSPS) is 15.6. The van der Waals surface area contributed by atoms with Crippen molar-refractivity contribution in [3.63, 3.8) is 0 Å². The molecule has 0 saturated carbocycles. The number of para-hydroxylation sites is 1. The van der Waals surface area contributed by atoms with Crippen LogP contribution < -0.4 is 15.8 Å². The summed E-state index contributed by atoms with van der Waals surface area (Å²) >= 11 is 7.91. The highest BCUT2D eigenvalue weighted by molar-refractivity contribution is 7.15. The van der Waals surface area contributed by atoms with Crippen LogP contribution in [0.1, 0.15) is 64.6 Å². The second kappa shape index (κ2) is 24.2. The number of thiophene rings is 1. The summed E-state index contributed by atoms with van der Waals surface area (Å²) in [5.41, 5.74) is 12.4. The van der Waals surface area contributed by atoms with Gasteiger partial charge in [0.05, 0.1) is 76.4 Å². The average Bonchev–Trinajstić information content (AvgIpc) is 4.05. The number of fused-ring (bicyclic) bond motifs is 4. The van der Waals surface area contributed by atoms with Gasteiger partial charge in [0, 0.05) is 52.3 Å². The van der Waals surface area contributed by atoms with Crippen LogP contribution in [0.15, 0.2) is 102 Å². The largest absolute Gasteiger partial charge is 0.457 e. The maximum Gasteiger partial charge on any atom is 0.246 e. The summed E-state index contributed by atoms with van der Waals surface area (Å²) in [6.07, 6.45) is 6.46. The molecule has 380 valence electrons. The molecule has 4 aromatic heterocycles. The average molecular weight is 1030 g/mol. The van der Waals surface area contributed by atoms with E-state index in [1.54, 1.807) is 23.5 Å². The van der Waals surface area contributed by atoms with Gasteiger partial charge in [0.1, 0.15) is 46.2 Å². The van der Waals surface area contributed by atoms with E-state index in [0.717, 1.165) is 57.4 Å². The Hall–Kier alpha value is -6.87. The number of halogens is 1. The Kier molecular flexibility index (Phi) is 16.9. The Morgan fingerprint density at radius 3 is 2.30 bits per heavy atom. The summed E-state index contributed by atoms with van der Waals surface area (Å²) in [6.45, 7) is 10.5. The third kappa shape index (κ3) is 12.3. The maximum atomic E-state index is 13.3. The third-order valence-corrected chi connectivity index (χ3v) is 14.0. The molecule has 2 aliphatic rings. The molecule has 7 aromatic rings. The number of nitrogens with one attached hydrogen (secondary N) is 1. The van der Waals surface area contributed by atoms with E-state index < -0.39 is 6.04 Å². The van der Waals surface area contributed by atoms with Gasteiger partial charge in [-0.3, -0.25) is 19.1 Å². The van der Waals surface area contributed by atoms with Crippen molar-refractivity contribution in [1.82, 2.24) is 44.7 Å². The van der Waals surface area contributed by atoms with Crippen LogP contribution in [0.5, 0.6) is 11.5 Å². The van der Waals surface area contributed by atoms with Gasteiger partial charge in [0.2, 0.25) is 11.8 Å². The lowest BCUT2D eigenvalue weighted by molar-refractivity contribution is -0.127. The fraction of sp³-hybridized carbons (Fsp3) is 0.358. The summed E-state index contributed by atoms with van der Waals surface area (Å²) < 4.78 is 32.6. The summed E-state index contributed by atoms with van der Waals surface area (Å²) in [7, 11) is 0. The van der Waals surface area contributed by atoms with E-state index >= 15 is 0 Å². The second-order valence-electron chi connectivity index (χ2n) is 17.5. The SMILES string of the molecule is Cc1sc2c(c1C)C(c1ccc(Cl)cc1)=N[C@@H](CC(=O)NCCOCCOCCOCCOC/C=C/C(=O)N1CCC[C@@H](n3nc(-c4ccc(Oc5ccccc5)cc4)c4c(N)ncnc43)C1)c1nnc(C)n1-2. The molecule has 3 N–H and O–H groups in total. The Balaban J connectivity index is 0.640. The molecule has 1 fully saturated rings. The predicted molar refractivity (Wildman–Crippen MR) is 280 cm³/mol. The number of amides is 2. The first-order chi connectivity index (χ1) is 35.6. The number of nitrogens with two attached hydrogens (primary N) is 1. The lowest BCUT2D eigenvalue weighted by Gasteiger charge is -2.32. The molecule has 73 heavy (non-hydrogen) atoms. The highest BCUT2D eigenvalue weighted by Crippen LogP contribution is 2.40. The monoisotopic (exact) mass is 1030 g/mol. The first-order valence-corrected chi connectivity index (χ1v) is 25.5. The zero-order chi connectivity index (χ0) is 50.7. The summed E-state index contributed by atoms with van der Waals surface area (Å²) in [4.78, 5) is 43.5. The molecule has 20 heteroatoms. The van der Waals surface area contributed by atoms with E-state index in [1.807, 2.05) is 99.9 Å². The number of benzene rings is 3. The van der Waals surface area contributed by atoms with E-state index in [9.17, 15) is 9.59 Å². The van der Waals surface area contributed by atoms with Crippen molar-refractivity contribution >= 4 is 57.3 Å². The quantitative estimate of drug-likeness (QED) is 0.0488. The van der Waals surface area contributed by atoms with Gasteiger partial charge in [-0.05, 0) is 87.7 Å². The molecule has 0 radical (unpaired) electrons. The number of piperidine rings is 1. The molecule has 2 aliphatic heterocycles. The van der Waals surface area contributed by atoms with Gasteiger partial charge in [-0.15, -0.1) is 21.5 Å². The number of likely N-dealkylation sites (tertiary alicyclic amines) is 1. The summed E-state index contributed by atoms with van der Waals surface area (Å²) in [6, 6.07) is 24.2. The lowest BCUT2D eigenvalue weighted by Crippen LogP contribution is -2.40. The van der Waals surface area contributed by atoms with Crippen LogP contribution in [0.3, 0.4) is 0 Å². The topological polar surface area (TPSA) is 208 Å². The molecule has 18 nitrogen and oxygen atoms in total. The van der Waals surface area contributed by atoms with Crippen molar-refractivity contribution in [1.29, 1.82) is 0 Å². The molecular weight excluding hydrogens is 970 g/mol. The maximum absolute atomic E-state index is 13.3. The van der Waals surface area contributed by atoms with Gasteiger partial charge in [0.15, 0.2) is 11.5 Å². The number of rotatable bonds is 22. The number of hydrogen-bond donors (Lipinski definition) is 2. The molecule has 6 heterocycles. The fourth-order valence-electron chi connectivity index (χ4n) is 8.82. The number of carbonyl (C=O) groups is 2. The first kappa shape index (κ1) is 51.0. The van der Waals surface area contributed by atoms with Crippen LogP contribution >= 0.6 is 22.9 Å². The third-order valence-electron chi connectivity index (χ3n) is 12.6. The van der Waals surface area contributed by atoms with Crippen LogP contribution in [0, 0.1) is 20.8 Å². The minimum atomic E-state index is -0.551. The van der Waals surface area contributed by atoms with Crippen LogP contribution in [0.4, 0.5) is 5.82 Å². The van der Waals surface area contributed by atoms with Crippen LogP contribution in [-0.4, -0.2) is 129 Å². The molecule has 2 atom stereocenters. The highest BCUT2D eigenvalue weighted by Gasteiger charge is 2.33. The van der Waals surface area contributed by atoms with E-state index in [4.69, 9.17) is 51.1 Å². The molecular formula is C53H58ClN11O7S. The molecule has 2 amide bonds. The lowest BCUT2D eigenvalue weighted by atomic mass is 9.99. The van der Waals surface area contributed by atoms with Gasteiger partial charge in [-0.1, -0.05) is 48.0 Å². The van der Waals surface area contributed by atoms with Gasteiger partial charge >= 0.3 is 0 Å². The number of anilines is 1. The Labute approximate surface area is 432 Å². The minimum Gasteiger partial charge on any atom is -0.457 e. The smallest absolute Gasteiger partial charge is 0.246 e. The van der Waals surface area contributed by atoms with Crippen molar-refractivity contribution < 1.29 is 33.3 Å². The highest BCUT2D eigenvalue weighted by atomic mass is 35.5. The number of nitrogens with zero attached hydrogens (tertiary/aromatic N) is 9. The van der Waals surface area contributed by atoms with Gasteiger partial charge < -0.3 is 39.6 Å². The predicted octanol–water partition coefficient (Wildman–Crippen LogP) is 7.97. The zero-order valence-electron chi connectivity index (χ0n) is 41.0. The Bertz CT molecular complexity index is 3070. The Morgan fingerprint density at radius 1 is 0.849 bits per heavy atom. The summed E-state index contributed by atoms with van der Waals surface area (Å²) in [5, 5.41) is 19.1. The van der Waals surface area contributed by atoms with Crippen molar-refractivity contribution in [3.8, 4) is 27.8 Å². The molecule has 9 rings (SSSR count). The van der Waals surface area contributed by atoms with E-state index in [1.165, 1.54) is 11.2 Å². The first-order valence-electron chi connectivity index (χ1n) is 24.3. The molecule has 3 aromatic carbocycles. The van der Waals surface area contributed by atoms with Crippen LogP contribution in [0.2, 0.25) is 5.02 Å². The van der Waals surface area contributed by atoms with E-state index in [0.29, 0.717) is 105 Å². The van der Waals surface area contributed by atoms with Crippen molar-refractivity contribution in [2.75, 3.05) is 78.2 Å².